The van der Waals surface area contributed by atoms with E-state index in [1.165, 1.54) is 12.1 Å². The van der Waals surface area contributed by atoms with E-state index in [2.05, 4.69) is 10.6 Å². The average Bonchev–Trinajstić information content (AvgIpc) is 3.49. The van der Waals surface area contributed by atoms with E-state index in [-0.39, 0.29) is 11.7 Å². The summed E-state index contributed by atoms with van der Waals surface area (Å²) in [7, 11) is 0. The second-order valence-corrected chi connectivity index (χ2v) is 8.36. The van der Waals surface area contributed by atoms with Gasteiger partial charge in [0.15, 0.2) is 5.76 Å². The van der Waals surface area contributed by atoms with Crippen molar-refractivity contribution in [1.29, 1.82) is 0 Å². The van der Waals surface area contributed by atoms with Crippen molar-refractivity contribution in [1.82, 2.24) is 14.5 Å². The lowest BCUT2D eigenvalue weighted by Crippen LogP contribution is -2.39. The highest BCUT2D eigenvalue weighted by Gasteiger charge is 2.28. The van der Waals surface area contributed by atoms with Crippen molar-refractivity contribution in [3.8, 4) is 5.75 Å². The molecule has 2 aromatic heterocycles. The van der Waals surface area contributed by atoms with Crippen molar-refractivity contribution in [2.75, 3.05) is 13.1 Å². The Morgan fingerprint density at radius 1 is 1.06 bits per heavy atom. The third-order valence-electron chi connectivity index (χ3n) is 6.17. The number of nitro groups is 1. The first-order chi connectivity index (χ1) is 16.6. The maximum absolute atomic E-state index is 12.7. The molecule has 3 heterocycles. The molecule has 174 valence electrons. The summed E-state index contributed by atoms with van der Waals surface area (Å²) in [6.45, 7) is 2.29. The topological polar surface area (TPSA) is 104 Å². The number of aromatic nitrogens is 2. The van der Waals surface area contributed by atoms with Gasteiger partial charge in [0, 0.05) is 19.6 Å². The van der Waals surface area contributed by atoms with Crippen LogP contribution in [-0.4, -0.2) is 38.4 Å². The van der Waals surface area contributed by atoms with Crippen LogP contribution in [0, 0.1) is 16.0 Å². The van der Waals surface area contributed by atoms with E-state index in [9.17, 15) is 14.9 Å². The Labute approximate surface area is 195 Å². The Kier molecular flexibility index (Phi) is 5.99. The van der Waals surface area contributed by atoms with Crippen LogP contribution in [0.25, 0.3) is 11.0 Å². The molecular weight excluding hydrogens is 436 g/mol. The van der Waals surface area contributed by atoms with E-state index in [1.807, 2.05) is 48.5 Å². The highest BCUT2D eigenvalue weighted by Crippen LogP contribution is 2.26. The third-order valence-corrected chi connectivity index (χ3v) is 6.17. The van der Waals surface area contributed by atoms with Crippen LogP contribution in [0.3, 0.4) is 0 Å². The van der Waals surface area contributed by atoms with E-state index in [0.717, 1.165) is 42.0 Å². The summed E-state index contributed by atoms with van der Waals surface area (Å²) in [6.07, 6.45) is 1.64. The second-order valence-electron chi connectivity index (χ2n) is 8.36. The van der Waals surface area contributed by atoms with Gasteiger partial charge in [0.25, 0.3) is 5.91 Å². The van der Waals surface area contributed by atoms with Gasteiger partial charge in [-0.05, 0) is 49.1 Å². The van der Waals surface area contributed by atoms with Gasteiger partial charge in [0.1, 0.15) is 23.1 Å². The standard InChI is InChI=1S/C25H24N4O5/c30-25(22-10-11-24(34-22)29(31)32)27-14-12-18(13-15-27)16-28-21-9-5-4-8-20(21)26-23(28)17-33-19-6-2-1-3-7-19/h1-11,18H,12-17H2. The average molecular weight is 460 g/mol. The predicted octanol–water partition coefficient (Wildman–Crippen LogP) is 4.67. The summed E-state index contributed by atoms with van der Waals surface area (Å²) in [5.74, 6) is 1.30. The van der Waals surface area contributed by atoms with E-state index >= 15 is 0 Å². The van der Waals surface area contributed by atoms with Crippen molar-refractivity contribution in [3.63, 3.8) is 0 Å². The minimum Gasteiger partial charge on any atom is -0.486 e. The molecule has 1 fully saturated rings. The van der Waals surface area contributed by atoms with Gasteiger partial charge in [0.05, 0.1) is 17.1 Å². The van der Waals surface area contributed by atoms with Crippen LogP contribution in [0.4, 0.5) is 5.88 Å². The van der Waals surface area contributed by atoms with Gasteiger partial charge in [-0.3, -0.25) is 14.9 Å². The normalized spacial score (nSPS) is 14.4. The second kappa shape index (κ2) is 9.38. The SMILES string of the molecule is O=C(c1ccc([N+](=O)[O-])o1)N1CCC(Cn2c(COc3ccccc3)nc3ccccc32)CC1. The largest absolute Gasteiger partial charge is 0.486 e. The Balaban J connectivity index is 1.26. The molecule has 4 aromatic rings. The minimum atomic E-state index is -0.641. The lowest BCUT2D eigenvalue weighted by atomic mass is 9.96. The van der Waals surface area contributed by atoms with Crippen molar-refractivity contribution in [2.45, 2.75) is 26.0 Å². The number of benzene rings is 2. The summed E-state index contributed by atoms with van der Waals surface area (Å²) in [6, 6.07) is 20.3. The first-order valence-electron chi connectivity index (χ1n) is 11.2. The quantitative estimate of drug-likeness (QED) is 0.293. The number of imidazole rings is 1. The maximum atomic E-state index is 12.7. The van der Waals surface area contributed by atoms with Crippen LogP contribution in [0.15, 0.2) is 71.1 Å². The zero-order valence-electron chi connectivity index (χ0n) is 18.5. The molecule has 9 heteroatoms. The Morgan fingerprint density at radius 2 is 1.79 bits per heavy atom. The number of likely N-dealkylation sites (tertiary alicyclic amines) is 1. The molecule has 34 heavy (non-hydrogen) atoms. The number of hydrogen-bond acceptors (Lipinski definition) is 6. The van der Waals surface area contributed by atoms with Gasteiger partial charge in [-0.1, -0.05) is 30.3 Å². The molecule has 0 saturated carbocycles. The fourth-order valence-electron chi connectivity index (χ4n) is 4.38. The number of carbonyl (C=O) groups excluding carboxylic acids is 1. The molecule has 1 amide bonds. The molecule has 0 atom stereocenters. The Bertz CT molecular complexity index is 1310. The minimum absolute atomic E-state index is 0.00565. The van der Waals surface area contributed by atoms with Gasteiger partial charge in [-0.15, -0.1) is 0 Å². The van der Waals surface area contributed by atoms with Crippen molar-refractivity contribution < 1.29 is 18.9 Å². The molecule has 0 aliphatic carbocycles. The number of furan rings is 1. The molecular formula is C25H24N4O5. The smallest absolute Gasteiger partial charge is 0.433 e. The molecule has 0 radical (unpaired) electrons. The van der Waals surface area contributed by atoms with Gasteiger partial charge in [-0.25, -0.2) is 4.98 Å². The van der Waals surface area contributed by atoms with Crippen LogP contribution >= 0.6 is 0 Å². The highest BCUT2D eigenvalue weighted by molar-refractivity contribution is 5.91. The number of carbonyl (C=O) groups is 1. The van der Waals surface area contributed by atoms with Gasteiger partial charge in [-0.2, -0.15) is 0 Å². The fourth-order valence-corrected chi connectivity index (χ4v) is 4.38. The molecule has 0 spiro atoms. The summed E-state index contributed by atoms with van der Waals surface area (Å²) in [4.78, 5) is 29.4. The number of rotatable bonds is 7. The number of ether oxygens (including phenoxy) is 1. The van der Waals surface area contributed by atoms with E-state index in [4.69, 9.17) is 14.1 Å². The molecule has 1 saturated heterocycles. The van der Waals surface area contributed by atoms with Crippen molar-refractivity contribution in [2.24, 2.45) is 5.92 Å². The Morgan fingerprint density at radius 3 is 2.53 bits per heavy atom. The molecule has 0 unspecified atom stereocenters. The predicted molar refractivity (Wildman–Crippen MR) is 124 cm³/mol. The zero-order chi connectivity index (χ0) is 23.5. The molecule has 1 aliphatic heterocycles. The van der Waals surface area contributed by atoms with Crippen LogP contribution in [0.5, 0.6) is 5.75 Å². The number of para-hydroxylation sites is 3. The van der Waals surface area contributed by atoms with E-state index in [0.29, 0.717) is 25.6 Å². The van der Waals surface area contributed by atoms with E-state index in [1.54, 1.807) is 4.90 Å². The van der Waals surface area contributed by atoms with Crippen LogP contribution < -0.4 is 4.74 Å². The van der Waals surface area contributed by atoms with Crippen molar-refractivity contribution >= 4 is 22.8 Å². The maximum Gasteiger partial charge on any atom is 0.433 e. The fraction of sp³-hybridized carbons (Fsp3) is 0.280. The number of amides is 1. The number of nitrogens with zero attached hydrogens (tertiary/aromatic N) is 4. The first kappa shape index (κ1) is 21.7. The number of hydrogen-bond donors (Lipinski definition) is 0. The summed E-state index contributed by atoms with van der Waals surface area (Å²) in [5, 5.41) is 10.8. The van der Waals surface area contributed by atoms with E-state index < -0.39 is 10.8 Å². The molecule has 2 aromatic carbocycles. The van der Waals surface area contributed by atoms with Gasteiger partial charge < -0.3 is 18.6 Å². The highest BCUT2D eigenvalue weighted by atomic mass is 16.6. The van der Waals surface area contributed by atoms with Crippen LogP contribution in [-0.2, 0) is 13.2 Å². The third kappa shape index (κ3) is 4.50. The van der Waals surface area contributed by atoms with Crippen molar-refractivity contribution in [3.05, 3.63) is 88.4 Å². The number of piperidine rings is 1. The van der Waals surface area contributed by atoms with Crippen LogP contribution in [0.1, 0.15) is 29.2 Å². The summed E-state index contributed by atoms with van der Waals surface area (Å²) >= 11 is 0. The molecule has 9 nitrogen and oxygen atoms in total. The number of fused-ring (bicyclic) bond motifs is 1. The first-order valence-corrected chi connectivity index (χ1v) is 11.2. The monoisotopic (exact) mass is 460 g/mol. The Hall–Kier alpha value is -4.14. The molecule has 1 aliphatic rings. The summed E-state index contributed by atoms with van der Waals surface area (Å²) in [5.41, 5.74) is 2.00. The lowest BCUT2D eigenvalue weighted by Gasteiger charge is -2.32. The lowest BCUT2D eigenvalue weighted by molar-refractivity contribution is -0.402. The van der Waals surface area contributed by atoms with Crippen LogP contribution in [0.2, 0.25) is 0 Å². The van der Waals surface area contributed by atoms with Gasteiger partial charge >= 0.3 is 5.88 Å². The van der Waals surface area contributed by atoms with Gasteiger partial charge in [0.2, 0.25) is 0 Å². The summed E-state index contributed by atoms with van der Waals surface area (Å²) < 4.78 is 13.3. The molecule has 0 N–H and O–H groups in total. The molecule has 5 rings (SSSR count). The molecule has 0 bridgehead atoms. The zero-order valence-corrected chi connectivity index (χ0v) is 18.5.